The standard InChI is InChI=1S/C18H22N4O4/c1-3-8-21-16(23)17(24)22(18(21)25)13-19-9-11-20(12-10-19)14-4-6-15(26-2)7-5-14/h3-7H,1,8-13H2,2H3/p+1. The second kappa shape index (κ2) is 7.57. The maximum atomic E-state index is 12.3. The summed E-state index contributed by atoms with van der Waals surface area (Å²) in [4.78, 5) is 41.5. The SMILES string of the molecule is C=CCN1C(=O)C(=O)N(C[NH+]2CCN(c3ccc(OC)cc3)CC2)C1=O. The fourth-order valence-corrected chi connectivity index (χ4v) is 3.24. The molecule has 0 atom stereocenters. The highest BCUT2D eigenvalue weighted by molar-refractivity contribution is 6.44. The number of amides is 4. The summed E-state index contributed by atoms with van der Waals surface area (Å²) in [5.74, 6) is -0.703. The van der Waals surface area contributed by atoms with Crippen molar-refractivity contribution in [2.75, 3.05) is 51.4 Å². The highest BCUT2D eigenvalue weighted by Crippen LogP contribution is 2.19. The van der Waals surface area contributed by atoms with Crippen molar-refractivity contribution in [2.24, 2.45) is 0 Å². The van der Waals surface area contributed by atoms with Gasteiger partial charge in [-0.1, -0.05) is 6.08 Å². The third-order valence-corrected chi connectivity index (χ3v) is 4.74. The number of nitrogens with one attached hydrogen (secondary N) is 1. The number of benzene rings is 1. The van der Waals surface area contributed by atoms with Gasteiger partial charge in [-0.2, -0.15) is 0 Å². The third-order valence-electron chi connectivity index (χ3n) is 4.74. The molecule has 0 aliphatic carbocycles. The lowest BCUT2D eigenvalue weighted by Gasteiger charge is -2.34. The molecule has 8 nitrogen and oxygen atoms in total. The first-order valence-corrected chi connectivity index (χ1v) is 8.56. The Hall–Kier alpha value is -2.87. The molecule has 3 rings (SSSR count). The highest BCUT2D eigenvalue weighted by Gasteiger charge is 2.45. The van der Waals surface area contributed by atoms with Gasteiger partial charge in [0.05, 0.1) is 33.3 Å². The van der Waals surface area contributed by atoms with Crippen LogP contribution < -0.4 is 14.5 Å². The number of quaternary nitrogens is 1. The summed E-state index contributed by atoms with van der Waals surface area (Å²) in [6.07, 6.45) is 1.44. The van der Waals surface area contributed by atoms with E-state index in [0.717, 1.165) is 52.3 Å². The van der Waals surface area contributed by atoms with Crippen LogP contribution in [0.3, 0.4) is 0 Å². The second-order valence-corrected chi connectivity index (χ2v) is 6.31. The first-order chi connectivity index (χ1) is 12.5. The van der Waals surface area contributed by atoms with E-state index in [0.29, 0.717) is 0 Å². The normalized spacial score (nSPS) is 18.7. The largest absolute Gasteiger partial charge is 0.497 e. The molecule has 0 radical (unpaired) electrons. The van der Waals surface area contributed by atoms with Crippen LogP contribution in [-0.2, 0) is 9.59 Å². The van der Waals surface area contributed by atoms with Crippen LogP contribution in [0.1, 0.15) is 0 Å². The molecule has 0 spiro atoms. The van der Waals surface area contributed by atoms with Gasteiger partial charge in [-0.05, 0) is 24.3 Å². The molecule has 8 heteroatoms. The number of anilines is 1. The molecule has 1 aromatic carbocycles. The molecule has 4 amide bonds. The van der Waals surface area contributed by atoms with Crippen molar-refractivity contribution < 1.29 is 24.0 Å². The van der Waals surface area contributed by atoms with Crippen LogP contribution in [0, 0.1) is 0 Å². The minimum Gasteiger partial charge on any atom is -0.497 e. The molecule has 0 bridgehead atoms. The van der Waals surface area contributed by atoms with Crippen molar-refractivity contribution in [2.45, 2.75) is 0 Å². The number of piperazine rings is 1. The van der Waals surface area contributed by atoms with E-state index in [4.69, 9.17) is 4.74 Å². The third kappa shape index (κ3) is 3.41. The van der Waals surface area contributed by atoms with Gasteiger partial charge < -0.3 is 14.5 Å². The Balaban J connectivity index is 1.57. The monoisotopic (exact) mass is 359 g/mol. The van der Waals surface area contributed by atoms with Crippen LogP contribution in [0.2, 0.25) is 0 Å². The summed E-state index contributed by atoms with van der Waals surface area (Å²) in [5, 5.41) is 0. The van der Waals surface area contributed by atoms with Gasteiger partial charge in [-0.3, -0.25) is 14.5 Å². The first-order valence-electron chi connectivity index (χ1n) is 8.56. The number of methoxy groups -OCH3 is 1. The average molecular weight is 359 g/mol. The molecule has 0 saturated carbocycles. The first kappa shape index (κ1) is 17.9. The van der Waals surface area contributed by atoms with E-state index >= 15 is 0 Å². The summed E-state index contributed by atoms with van der Waals surface area (Å²) in [7, 11) is 1.64. The highest BCUT2D eigenvalue weighted by atomic mass is 16.5. The zero-order valence-electron chi connectivity index (χ0n) is 14.8. The molecule has 138 valence electrons. The molecule has 1 N–H and O–H groups in total. The minimum absolute atomic E-state index is 0.0560. The van der Waals surface area contributed by atoms with E-state index in [-0.39, 0.29) is 13.2 Å². The molecule has 2 saturated heterocycles. The van der Waals surface area contributed by atoms with Gasteiger partial charge in [0, 0.05) is 12.2 Å². The number of ether oxygens (including phenoxy) is 1. The maximum absolute atomic E-state index is 12.3. The van der Waals surface area contributed by atoms with Crippen LogP contribution in [0.5, 0.6) is 5.75 Å². The fourth-order valence-electron chi connectivity index (χ4n) is 3.24. The Labute approximate surface area is 152 Å². The van der Waals surface area contributed by atoms with Gasteiger partial charge in [0.25, 0.3) is 0 Å². The van der Waals surface area contributed by atoms with Crippen molar-refractivity contribution in [3.8, 4) is 5.75 Å². The smallest absolute Gasteiger partial charge is 0.339 e. The van der Waals surface area contributed by atoms with Crippen molar-refractivity contribution in [3.63, 3.8) is 0 Å². The van der Waals surface area contributed by atoms with E-state index in [1.807, 2.05) is 24.3 Å². The van der Waals surface area contributed by atoms with Gasteiger partial charge in [0.2, 0.25) is 0 Å². The zero-order valence-corrected chi connectivity index (χ0v) is 14.8. The van der Waals surface area contributed by atoms with Gasteiger partial charge in [-0.15, -0.1) is 6.58 Å². The molecule has 2 aliphatic heterocycles. The van der Waals surface area contributed by atoms with Gasteiger partial charge in [-0.25, -0.2) is 9.69 Å². The second-order valence-electron chi connectivity index (χ2n) is 6.31. The van der Waals surface area contributed by atoms with Crippen LogP contribution >= 0.6 is 0 Å². The minimum atomic E-state index is -0.772. The molecular formula is C18H23N4O4+. The quantitative estimate of drug-likeness (QED) is 0.414. The number of hydrogen-bond acceptors (Lipinski definition) is 5. The zero-order chi connectivity index (χ0) is 18.7. The number of urea groups is 1. The van der Waals surface area contributed by atoms with Crippen LogP contribution in [0.25, 0.3) is 0 Å². The maximum Gasteiger partial charge on any atom is 0.339 e. The van der Waals surface area contributed by atoms with E-state index in [9.17, 15) is 14.4 Å². The molecule has 1 aromatic rings. The topological polar surface area (TPSA) is 74.6 Å². The molecule has 2 fully saturated rings. The van der Waals surface area contributed by atoms with Crippen molar-refractivity contribution in [1.29, 1.82) is 0 Å². The summed E-state index contributed by atoms with van der Waals surface area (Å²) in [5.41, 5.74) is 1.12. The number of imide groups is 2. The fraction of sp³-hybridized carbons (Fsp3) is 0.389. The van der Waals surface area contributed by atoms with E-state index in [1.54, 1.807) is 7.11 Å². The summed E-state index contributed by atoms with van der Waals surface area (Å²) < 4.78 is 5.17. The number of carbonyl (C=O) groups excluding carboxylic acids is 3. The van der Waals surface area contributed by atoms with Crippen molar-refractivity contribution >= 4 is 23.5 Å². The van der Waals surface area contributed by atoms with Crippen molar-refractivity contribution in [1.82, 2.24) is 9.80 Å². The molecule has 2 heterocycles. The predicted octanol–water partition coefficient (Wildman–Crippen LogP) is -0.666. The van der Waals surface area contributed by atoms with E-state index in [1.165, 1.54) is 6.08 Å². The number of rotatable bonds is 6. The Morgan fingerprint density at radius 2 is 1.69 bits per heavy atom. The van der Waals surface area contributed by atoms with Crippen molar-refractivity contribution in [3.05, 3.63) is 36.9 Å². The number of hydrogen-bond donors (Lipinski definition) is 1. The Morgan fingerprint density at radius 3 is 2.27 bits per heavy atom. The Bertz CT molecular complexity index is 710. The lowest BCUT2D eigenvalue weighted by Crippen LogP contribution is -3.16. The van der Waals surface area contributed by atoms with Crippen LogP contribution in [0.4, 0.5) is 10.5 Å². The van der Waals surface area contributed by atoms with E-state index in [2.05, 4.69) is 11.5 Å². The summed E-state index contributed by atoms with van der Waals surface area (Å²) >= 11 is 0. The van der Waals surface area contributed by atoms with E-state index < -0.39 is 17.8 Å². The Morgan fingerprint density at radius 1 is 1.08 bits per heavy atom. The van der Waals surface area contributed by atoms with Gasteiger partial charge in [0.15, 0.2) is 6.67 Å². The summed E-state index contributed by atoms with van der Waals surface area (Å²) in [6, 6.07) is 7.34. The molecule has 2 aliphatic rings. The lowest BCUT2D eigenvalue weighted by atomic mass is 10.2. The van der Waals surface area contributed by atoms with Crippen LogP contribution in [-0.4, -0.2) is 74.1 Å². The van der Waals surface area contributed by atoms with Gasteiger partial charge >= 0.3 is 17.8 Å². The molecule has 0 unspecified atom stereocenters. The lowest BCUT2D eigenvalue weighted by molar-refractivity contribution is -0.907. The average Bonchev–Trinajstić information content (AvgIpc) is 2.87. The summed E-state index contributed by atoms with van der Waals surface area (Å²) in [6.45, 7) is 6.95. The predicted molar refractivity (Wildman–Crippen MR) is 94.9 cm³/mol. The Kier molecular flexibility index (Phi) is 5.22. The van der Waals surface area contributed by atoms with Crippen LogP contribution in [0.15, 0.2) is 36.9 Å². The number of carbonyl (C=O) groups is 3. The molecule has 0 aromatic heterocycles. The molecular weight excluding hydrogens is 336 g/mol. The number of nitrogens with zero attached hydrogens (tertiary/aromatic N) is 3. The molecule has 26 heavy (non-hydrogen) atoms. The van der Waals surface area contributed by atoms with Gasteiger partial charge in [0.1, 0.15) is 5.75 Å².